The van der Waals surface area contributed by atoms with Crippen LogP contribution < -0.4 is 10.6 Å². The molecule has 0 unspecified atom stereocenters. The van der Waals surface area contributed by atoms with Gasteiger partial charge >= 0.3 is 5.97 Å². The van der Waals surface area contributed by atoms with Crippen LogP contribution in [0.2, 0.25) is 0 Å². The van der Waals surface area contributed by atoms with Crippen molar-refractivity contribution in [3.8, 4) is 0 Å². The minimum absolute atomic E-state index is 0.0116. The highest BCUT2D eigenvalue weighted by atomic mass is 19.1. The average molecular weight is 481 g/mol. The molecule has 3 aliphatic carbocycles. The molecule has 2 heterocycles. The lowest BCUT2D eigenvalue weighted by atomic mass is 9.53. The summed E-state index contributed by atoms with van der Waals surface area (Å²) in [6.45, 7) is 0.590. The van der Waals surface area contributed by atoms with Gasteiger partial charge < -0.3 is 15.7 Å². The molecule has 0 aliphatic heterocycles. The van der Waals surface area contributed by atoms with Gasteiger partial charge in [-0.3, -0.25) is 14.4 Å². The third-order valence-corrected chi connectivity index (χ3v) is 7.56. The summed E-state index contributed by atoms with van der Waals surface area (Å²) in [6, 6.07) is 7.13. The number of benzene rings is 1. The predicted molar refractivity (Wildman–Crippen MR) is 121 cm³/mol. The number of amides is 2. The number of nitrogens with one attached hydrogen (secondary N) is 2. The van der Waals surface area contributed by atoms with Crippen LogP contribution in [0, 0.1) is 16.6 Å². The van der Waals surface area contributed by atoms with Gasteiger partial charge in [0.15, 0.2) is 0 Å². The van der Waals surface area contributed by atoms with Crippen LogP contribution in [0.3, 0.4) is 0 Å². The second-order valence-electron chi connectivity index (χ2n) is 9.58. The molecular weight excluding hydrogens is 455 g/mol. The lowest BCUT2D eigenvalue weighted by Gasteiger charge is -2.51. The molecule has 3 N–H and O–H groups in total. The zero-order chi connectivity index (χ0) is 24.6. The molecule has 3 fully saturated rings. The van der Waals surface area contributed by atoms with E-state index in [9.17, 15) is 23.9 Å². The van der Waals surface area contributed by atoms with Crippen LogP contribution in [0.15, 0.2) is 36.7 Å². The number of aliphatic carboxylic acids is 1. The van der Waals surface area contributed by atoms with Gasteiger partial charge in [0.05, 0.1) is 5.41 Å². The topological polar surface area (TPSA) is 139 Å². The Labute approximate surface area is 200 Å². The highest BCUT2D eigenvalue weighted by Gasteiger charge is 2.52. The third-order valence-electron chi connectivity index (χ3n) is 7.56. The van der Waals surface area contributed by atoms with Crippen molar-refractivity contribution >= 4 is 23.6 Å². The van der Waals surface area contributed by atoms with Gasteiger partial charge in [-0.1, -0.05) is 12.1 Å². The van der Waals surface area contributed by atoms with Crippen molar-refractivity contribution in [3.63, 3.8) is 0 Å². The molecule has 3 aromatic rings. The molecule has 2 bridgehead atoms. The zero-order valence-electron chi connectivity index (χ0n) is 19.0. The summed E-state index contributed by atoms with van der Waals surface area (Å²) in [5.41, 5.74) is 0.128. The van der Waals surface area contributed by atoms with Crippen molar-refractivity contribution in [3.05, 3.63) is 59.4 Å². The Bertz CT molecular complexity index is 1280. The summed E-state index contributed by atoms with van der Waals surface area (Å²) in [6.07, 6.45) is 5.40. The van der Waals surface area contributed by atoms with Gasteiger partial charge in [0.1, 0.15) is 23.5 Å². The number of aromatic nitrogens is 4. The van der Waals surface area contributed by atoms with E-state index in [0.29, 0.717) is 31.4 Å². The van der Waals surface area contributed by atoms with Crippen molar-refractivity contribution in [1.29, 1.82) is 0 Å². The molecule has 35 heavy (non-hydrogen) atoms. The molecule has 2 amide bonds. The zero-order valence-corrected chi connectivity index (χ0v) is 19.0. The van der Waals surface area contributed by atoms with Crippen molar-refractivity contribution in [2.45, 2.75) is 45.1 Å². The van der Waals surface area contributed by atoms with Gasteiger partial charge in [-0.25, -0.2) is 9.37 Å². The Balaban J connectivity index is 1.29. The van der Waals surface area contributed by atoms with Gasteiger partial charge in [-0.2, -0.15) is 14.6 Å². The number of halogens is 1. The SMILES string of the molecule is O=C(NCc1ccc(F)cc1)c1cc(C(=O)NCC23CCC(C(=O)O)(CC2)CC3)n2ncnc2n1. The maximum Gasteiger partial charge on any atom is 0.309 e. The van der Waals surface area contributed by atoms with E-state index in [1.54, 1.807) is 12.1 Å². The molecule has 0 spiro atoms. The number of nitrogens with zero attached hydrogens (tertiary/aromatic N) is 4. The van der Waals surface area contributed by atoms with Gasteiger partial charge in [-0.15, -0.1) is 0 Å². The summed E-state index contributed by atoms with van der Waals surface area (Å²) < 4.78 is 14.4. The van der Waals surface area contributed by atoms with E-state index < -0.39 is 23.2 Å². The summed E-state index contributed by atoms with van der Waals surface area (Å²) >= 11 is 0. The van der Waals surface area contributed by atoms with Crippen molar-refractivity contribution < 1.29 is 23.9 Å². The predicted octanol–water partition coefficient (Wildman–Crippen LogP) is 2.35. The first-order chi connectivity index (χ1) is 16.8. The largest absolute Gasteiger partial charge is 0.481 e. The Kier molecular flexibility index (Phi) is 5.70. The fourth-order valence-corrected chi connectivity index (χ4v) is 5.17. The van der Waals surface area contributed by atoms with Crippen LogP contribution in [0.4, 0.5) is 4.39 Å². The van der Waals surface area contributed by atoms with Crippen LogP contribution in [-0.4, -0.2) is 49.0 Å². The average Bonchev–Trinajstić information content (AvgIpc) is 3.36. The van der Waals surface area contributed by atoms with Gasteiger partial charge in [-0.05, 0) is 61.6 Å². The normalized spacial score (nSPS) is 23.2. The lowest BCUT2D eigenvalue weighted by Crippen LogP contribution is -2.50. The van der Waals surface area contributed by atoms with E-state index in [1.807, 2.05) is 0 Å². The maximum atomic E-state index is 13.1. The summed E-state index contributed by atoms with van der Waals surface area (Å²) in [7, 11) is 0. The second kappa shape index (κ2) is 8.71. The third kappa shape index (κ3) is 4.33. The first kappa shape index (κ1) is 22.9. The molecule has 0 atom stereocenters. The molecular formula is C24H25FN6O4. The van der Waals surface area contributed by atoms with E-state index in [1.165, 1.54) is 29.0 Å². The van der Waals surface area contributed by atoms with Crippen molar-refractivity contribution in [2.75, 3.05) is 6.54 Å². The fourth-order valence-electron chi connectivity index (χ4n) is 5.17. The minimum atomic E-state index is -0.717. The van der Waals surface area contributed by atoms with Crippen molar-refractivity contribution in [1.82, 2.24) is 30.2 Å². The molecule has 0 radical (unpaired) electrons. The van der Waals surface area contributed by atoms with Crippen LogP contribution in [0.5, 0.6) is 0 Å². The van der Waals surface area contributed by atoms with Crippen LogP contribution >= 0.6 is 0 Å². The summed E-state index contributed by atoms with van der Waals surface area (Å²) in [5.74, 6) is -1.88. The summed E-state index contributed by atoms with van der Waals surface area (Å²) in [4.78, 5) is 45.8. The molecule has 0 saturated heterocycles. The van der Waals surface area contributed by atoms with Gasteiger partial charge in [0.2, 0.25) is 0 Å². The molecule has 1 aromatic carbocycles. The Morgan fingerprint density at radius 2 is 1.69 bits per heavy atom. The van der Waals surface area contributed by atoms with Gasteiger partial charge in [0, 0.05) is 19.2 Å². The lowest BCUT2D eigenvalue weighted by molar-refractivity contribution is -0.158. The van der Waals surface area contributed by atoms with E-state index >= 15 is 0 Å². The van der Waals surface area contributed by atoms with Crippen LogP contribution in [0.1, 0.15) is 65.1 Å². The highest BCUT2D eigenvalue weighted by Crippen LogP contribution is 2.56. The number of carbonyl (C=O) groups is 3. The Morgan fingerprint density at radius 3 is 2.34 bits per heavy atom. The number of hydrogen-bond acceptors (Lipinski definition) is 6. The van der Waals surface area contributed by atoms with Crippen LogP contribution in [0.25, 0.3) is 5.78 Å². The number of hydrogen-bond donors (Lipinski definition) is 3. The van der Waals surface area contributed by atoms with Crippen LogP contribution in [-0.2, 0) is 11.3 Å². The van der Waals surface area contributed by atoms with E-state index in [2.05, 4.69) is 25.7 Å². The smallest absolute Gasteiger partial charge is 0.309 e. The Morgan fingerprint density at radius 1 is 1.00 bits per heavy atom. The highest BCUT2D eigenvalue weighted by molar-refractivity contribution is 5.98. The molecule has 3 aliphatic rings. The van der Waals surface area contributed by atoms with Crippen molar-refractivity contribution in [2.24, 2.45) is 10.8 Å². The molecule has 6 rings (SSSR count). The molecule has 10 nitrogen and oxygen atoms in total. The van der Waals surface area contributed by atoms with E-state index in [0.717, 1.165) is 19.3 Å². The number of carbonyl (C=O) groups excluding carboxylic acids is 2. The fraction of sp³-hybridized carbons (Fsp3) is 0.417. The van der Waals surface area contributed by atoms with E-state index in [-0.39, 0.29) is 34.9 Å². The quantitative estimate of drug-likeness (QED) is 0.472. The molecule has 11 heteroatoms. The Hall–Kier alpha value is -3.89. The minimum Gasteiger partial charge on any atom is -0.481 e. The van der Waals surface area contributed by atoms with E-state index in [4.69, 9.17) is 0 Å². The standard InChI is InChI=1S/C24H25FN6O4/c25-16-3-1-15(2-4-16)12-26-19(32)17-11-18(31-22(30-17)28-14-29-31)20(33)27-13-23-5-8-24(9-6-23,10-7-23)21(34)35/h1-4,11,14H,5-10,12-13H2,(H,26,32)(H,27,33)(H,34,35). The second-order valence-corrected chi connectivity index (χ2v) is 9.58. The molecule has 182 valence electrons. The number of carboxylic acids is 1. The number of carboxylic acid groups (broad SMARTS) is 1. The first-order valence-corrected chi connectivity index (χ1v) is 11.5. The number of fused-ring (bicyclic) bond motifs is 4. The summed E-state index contributed by atoms with van der Waals surface area (Å²) in [5, 5.41) is 19.3. The molecule has 2 aromatic heterocycles. The maximum absolute atomic E-state index is 13.1. The number of rotatable bonds is 7. The first-order valence-electron chi connectivity index (χ1n) is 11.5. The van der Waals surface area contributed by atoms with Gasteiger partial charge in [0.25, 0.3) is 17.6 Å². The molecule has 3 saturated carbocycles. The monoisotopic (exact) mass is 480 g/mol.